The molecule has 2 rings (SSSR count). The van der Waals surface area contributed by atoms with Crippen LogP contribution in [-0.4, -0.2) is 39.6 Å². The molecule has 1 amide bonds. The van der Waals surface area contributed by atoms with E-state index in [1.807, 2.05) is 0 Å². The molecule has 0 unspecified atom stereocenters. The Balaban J connectivity index is 2.05. The van der Waals surface area contributed by atoms with Gasteiger partial charge in [0.05, 0.1) is 22.0 Å². The summed E-state index contributed by atoms with van der Waals surface area (Å²) in [7, 11) is -3.82. The van der Waals surface area contributed by atoms with E-state index in [1.165, 1.54) is 30.3 Å². The van der Waals surface area contributed by atoms with E-state index < -0.39 is 27.9 Å². The lowest BCUT2D eigenvalue weighted by Crippen LogP contribution is -2.37. The van der Waals surface area contributed by atoms with Crippen LogP contribution in [0.15, 0.2) is 52.3 Å². The van der Waals surface area contributed by atoms with Crippen LogP contribution in [0.1, 0.15) is 34.8 Å². The van der Waals surface area contributed by atoms with Crippen LogP contribution in [-0.2, 0) is 25.8 Å². The highest BCUT2D eigenvalue weighted by atomic mass is 32.2. The van der Waals surface area contributed by atoms with Gasteiger partial charge in [0.2, 0.25) is 9.84 Å². The number of esters is 1. The van der Waals surface area contributed by atoms with Gasteiger partial charge in [-0.25, -0.2) is 13.2 Å². The van der Waals surface area contributed by atoms with Gasteiger partial charge in [0, 0.05) is 6.54 Å². The SMILES string of the molecule is CCOC(=O)c1ccc(S(=O)(=O)c2ccc(CCCNC(=O)C(F)(F)F)cc2)cc1C. The first-order chi connectivity index (χ1) is 14.5. The van der Waals surface area contributed by atoms with Crippen molar-refractivity contribution in [3.63, 3.8) is 0 Å². The number of ether oxygens (including phenoxy) is 1. The van der Waals surface area contributed by atoms with Crippen molar-refractivity contribution in [1.29, 1.82) is 0 Å². The van der Waals surface area contributed by atoms with Gasteiger partial charge in [-0.3, -0.25) is 4.79 Å². The Morgan fingerprint density at radius 1 is 1.03 bits per heavy atom. The lowest BCUT2D eigenvalue weighted by atomic mass is 10.1. The number of benzene rings is 2. The Kier molecular flexibility index (Phi) is 7.83. The number of rotatable bonds is 8. The van der Waals surface area contributed by atoms with Crippen molar-refractivity contribution in [3.05, 3.63) is 59.2 Å². The van der Waals surface area contributed by atoms with Crippen LogP contribution < -0.4 is 5.32 Å². The van der Waals surface area contributed by atoms with Crippen molar-refractivity contribution in [2.75, 3.05) is 13.2 Å². The zero-order valence-corrected chi connectivity index (χ0v) is 17.8. The molecule has 0 spiro atoms. The second-order valence-corrected chi connectivity index (χ2v) is 8.65. The number of amides is 1. The molecule has 2 aromatic rings. The third-order valence-corrected chi connectivity index (χ3v) is 6.19. The average Bonchev–Trinajstić information content (AvgIpc) is 2.70. The molecule has 31 heavy (non-hydrogen) atoms. The van der Waals surface area contributed by atoms with Crippen molar-refractivity contribution >= 4 is 21.7 Å². The molecule has 1 N–H and O–H groups in total. The summed E-state index contributed by atoms with van der Waals surface area (Å²) in [5.41, 5.74) is 1.47. The maximum Gasteiger partial charge on any atom is 0.471 e. The summed E-state index contributed by atoms with van der Waals surface area (Å²) in [6.45, 7) is 3.35. The van der Waals surface area contributed by atoms with Crippen molar-refractivity contribution in [2.24, 2.45) is 0 Å². The number of sulfone groups is 1. The molecule has 0 aliphatic carbocycles. The molecule has 168 valence electrons. The Labute approximate surface area is 178 Å². The first-order valence-electron chi connectivity index (χ1n) is 9.43. The number of hydrogen-bond donors (Lipinski definition) is 1. The third-order valence-electron chi connectivity index (χ3n) is 4.42. The van der Waals surface area contributed by atoms with E-state index in [4.69, 9.17) is 4.74 Å². The van der Waals surface area contributed by atoms with E-state index in [-0.39, 0.29) is 34.9 Å². The molecule has 0 radical (unpaired) electrons. The lowest BCUT2D eigenvalue weighted by Gasteiger charge is -2.10. The van der Waals surface area contributed by atoms with Crippen LogP contribution in [0.25, 0.3) is 0 Å². The van der Waals surface area contributed by atoms with Crippen molar-refractivity contribution in [2.45, 2.75) is 42.7 Å². The van der Waals surface area contributed by atoms with Gasteiger partial charge in [-0.1, -0.05) is 12.1 Å². The summed E-state index contributed by atoms with van der Waals surface area (Å²) >= 11 is 0. The van der Waals surface area contributed by atoms with Gasteiger partial charge in [-0.15, -0.1) is 0 Å². The van der Waals surface area contributed by atoms with Crippen LogP contribution in [0, 0.1) is 6.92 Å². The third kappa shape index (κ3) is 6.30. The molecule has 2 aromatic carbocycles. The first kappa shape index (κ1) is 24.4. The van der Waals surface area contributed by atoms with Crippen molar-refractivity contribution in [3.8, 4) is 0 Å². The number of aryl methyl sites for hydroxylation is 2. The van der Waals surface area contributed by atoms with Gasteiger partial charge < -0.3 is 10.1 Å². The summed E-state index contributed by atoms with van der Waals surface area (Å²) in [5, 5.41) is 1.78. The number of carbonyl (C=O) groups is 2. The van der Waals surface area contributed by atoms with E-state index in [2.05, 4.69) is 0 Å². The van der Waals surface area contributed by atoms with Crippen molar-refractivity contribution < 1.29 is 35.9 Å². The van der Waals surface area contributed by atoms with Gasteiger partial charge in [0.1, 0.15) is 0 Å². The first-order valence-corrected chi connectivity index (χ1v) is 10.9. The number of hydrogen-bond acceptors (Lipinski definition) is 5. The zero-order chi connectivity index (χ0) is 23.2. The molecule has 0 atom stereocenters. The molecule has 0 heterocycles. The van der Waals surface area contributed by atoms with E-state index >= 15 is 0 Å². The second kappa shape index (κ2) is 9.95. The van der Waals surface area contributed by atoms with E-state index in [0.29, 0.717) is 17.5 Å². The average molecular weight is 457 g/mol. The predicted octanol–water partition coefficient (Wildman–Crippen LogP) is 3.62. The van der Waals surface area contributed by atoms with E-state index in [0.717, 1.165) is 0 Å². The highest BCUT2D eigenvalue weighted by Crippen LogP contribution is 2.24. The Morgan fingerprint density at radius 3 is 2.19 bits per heavy atom. The molecule has 0 aromatic heterocycles. The molecule has 0 saturated heterocycles. The Bertz CT molecular complexity index is 1050. The summed E-state index contributed by atoms with van der Waals surface area (Å²) < 4.78 is 67.0. The van der Waals surface area contributed by atoms with Crippen LogP contribution in [0.4, 0.5) is 13.2 Å². The summed E-state index contributed by atoms with van der Waals surface area (Å²) in [4.78, 5) is 22.7. The maximum atomic E-state index is 12.9. The number of halogens is 3. The van der Waals surface area contributed by atoms with Gasteiger partial charge in [0.25, 0.3) is 0 Å². The van der Waals surface area contributed by atoms with Gasteiger partial charge >= 0.3 is 18.1 Å². The highest BCUT2D eigenvalue weighted by Gasteiger charge is 2.38. The maximum absolute atomic E-state index is 12.9. The predicted molar refractivity (Wildman–Crippen MR) is 106 cm³/mol. The normalized spacial score (nSPS) is 11.8. The highest BCUT2D eigenvalue weighted by molar-refractivity contribution is 7.91. The van der Waals surface area contributed by atoms with Gasteiger partial charge in [-0.2, -0.15) is 13.2 Å². The number of alkyl halides is 3. The standard InChI is InChI=1S/C21H22F3NO5S/c1-3-30-19(26)18-11-10-17(13-14(18)2)31(28,29)16-8-6-15(7-9-16)5-4-12-25-20(27)21(22,23)24/h6-11,13H,3-5,12H2,1-2H3,(H,25,27). The minimum absolute atomic E-state index is 0.0284. The Morgan fingerprint density at radius 2 is 1.65 bits per heavy atom. The molecular formula is C21H22F3NO5S. The zero-order valence-electron chi connectivity index (χ0n) is 17.0. The molecule has 0 fully saturated rings. The van der Waals surface area contributed by atoms with Crippen LogP contribution in [0.2, 0.25) is 0 Å². The van der Waals surface area contributed by atoms with E-state index in [1.54, 1.807) is 31.3 Å². The number of carbonyl (C=O) groups excluding carboxylic acids is 2. The molecule has 0 aliphatic rings. The summed E-state index contributed by atoms with van der Waals surface area (Å²) in [5.74, 6) is -2.52. The fourth-order valence-corrected chi connectivity index (χ4v) is 4.15. The topological polar surface area (TPSA) is 89.5 Å². The quantitative estimate of drug-likeness (QED) is 0.483. The van der Waals surface area contributed by atoms with Gasteiger partial charge in [0.15, 0.2) is 0 Å². The Hall–Kier alpha value is -2.88. The van der Waals surface area contributed by atoms with E-state index in [9.17, 15) is 31.2 Å². The van der Waals surface area contributed by atoms with Crippen molar-refractivity contribution in [1.82, 2.24) is 5.32 Å². The van der Waals surface area contributed by atoms with Gasteiger partial charge in [-0.05, 0) is 68.1 Å². The molecular weight excluding hydrogens is 435 g/mol. The molecule has 10 heteroatoms. The molecule has 6 nitrogen and oxygen atoms in total. The lowest BCUT2D eigenvalue weighted by molar-refractivity contribution is -0.173. The smallest absolute Gasteiger partial charge is 0.462 e. The monoisotopic (exact) mass is 457 g/mol. The fraction of sp³-hybridized carbons (Fsp3) is 0.333. The second-order valence-electron chi connectivity index (χ2n) is 6.70. The molecule has 0 aliphatic heterocycles. The minimum Gasteiger partial charge on any atom is -0.462 e. The molecule has 0 bridgehead atoms. The summed E-state index contributed by atoms with van der Waals surface area (Å²) in [6.07, 6.45) is -4.28. The fourth-order valence-electron chi connectivity index (χ4n) is 2.81. The number of nitrogens with one attached hydrogen (secondary N) is 1. The van der Waals surface area contributed by atoms with Crippen LogP contribution in [0.5, 0.6) is 0 Å². The largest absolute Gasteiger partial charge is 0.471 e. The van der Waals surface area contributed by atoms with Crippen LogP contribution in [0.3, 0.4) is 0 Å². The summed E-state index contributed by atoms with van der Waals surface area (Å²) in [6, 6.07) is 10.1. The van der Waals surface area contributed by atoms with Crippen LogP contribution >= 0.6 is 0 Å². The minimum atomic E-state index is -4.91. The molecule has 0 saturated carbocycles.